The first-order valence-electron chi connectivity index (χ1n) is 8.66. The van der Waals surface area contributed by atoms with E-state index in [1.54, 1.807) is 17.3 Å². The number of nitrogens with zero attached hydrogens (tertiary/aromatic N) is 2. The Kier molecular flexibility index (Phi) is 6.47. The van der Waals surface area contributed by atoms with Crippen molar-refractivity contribution >= 4 is 40.3 Å². The van der Waals surface area contributed by atoms with Crippen LogP contribution in [-0.2, 0) is 11.3 Å². The van der Waals surface area contributed by atoms with E-state index in [4.69, 9.17) is 21.7 Å². The van der Waals surface area contributed by atoms with Crippen molar-refractivity contribution < 1.29 is 14.3 Å². The van der Waals surface area contributed by atoms with Crippen molar-refractivity contribution in [2.75, 3.05) is 13.2 Å². The molecule has 0 N–H and O–H groups in total. The average Bonchev–Trinajstić information content (AvgIpc) is 2.93. The number of hydrogen-bond acceptors (Lipinski definition) is 6. The van der Waals surface area contributed by atoms with Crippen molar-refractivity contribution in [3.05, 3.63) is 58.8 Å². The fourth-order valence-corrected chi connectivity index (χ4v) is 3.87. The Morgan fingerprint density at radius 2 is 2.04 bits per heavy atom. The zero-order chi connectivity index (χ0) is 19.2. The van der Waals surface area contributed by atoms with Crippen LogP contribution in [0.2, 0.25) is 0 Å². The second-order valence-electron chi connectivity index (χ2n) is 5.69. The Balaban J connectivity index is 1.84. The molecular weight excluding hydrogens is 380 g/mol. The first-order chi connectivity index (χ1) is 13.1. The molecule has 0 radical (unpaired) electrons. The number of amides is 1. The standard InChI is InChI=1S/C20H20N2O3S2/c1-3-24-16-8-7-15(17(11-16)25-4-2)10-18-19(23)22(20(26)27-18)13-14-6-5-9-21-12-14/h5-12H,3-4,13H2,1-2H3/b18-10+. The quantitative estimate of drug-likeness (QED) is 0.511. The lowest BCUT2D eigenvalue weighted by molar-refractivity contribution is -0.122. The third-order valence-corrected chi connectivity index (χ3v) is 5.20. The van der Waals surface area contributed by atoms with E-state index in [-0.39, 0.29) is 5.91 Å². The minimum absolute atomic E-state index is 0.106. The van der Waals surface area contributed by atoms with E-state index in [1.165, 1.54) is 11.8 Å². The van der Waals surface area contributed by atoms with E-state index in [0.29, 0.717) is 34.7 Å². The molecular formula is C20H20N2O3S2. The summed E-state index contributed by atoms with van der Waals surface area (Å²) in [6, 6.07) is 9.37. The normalized spacial score (nSPS) is 15.5. The van der Waals surface area contributed by atoms with Crippen molar-refractivity contribution in [3.63, 3.8) is 0 Å². The summed E-state index contributed by atoms with van der Waals surface area (Å²) in [5.74, 6) is 1.31. The molecule has 27 heavy (non-hydrogen) atoms. The van der Waals surface area contributed by atoms with Gasteiger partial charge >= 0.3 is 0 Å². The molecule has 0 unspecified atom stereocenters. The van der Waals surface area contributed by atoms with Gasteiger partial charge in [-0.1, -0.05) is 30.0 Å². The number of thioether (sulfide) groups is 1. The molecule has 0 saturated carbocycles. The maximum absolute atomic E-state index is 12.8. The smallest absolute Gasteiger partial charge is 0.266 e. The number of aromatic nitrogens is 1. The number of benzene rings is 1. The van der Waals surface area contributed by atoms with Gasteiger partial charge in [0.2, 0.25) is 0 Å². The lowest BCUT2D eigenvalue weighted by Crippen LogP contribution is -2.27. The summed E-state index contributed by atoms with van der Waals surface area (Å²) in [5, 5.41) is 0. The molecule has 2 aromatic rings. The Bertz CT molecular complexity index is 869. The SMILES string of the molecule is CCOc1ccc(/C=C2/SC(=S)N(Cc3cccnc3)C2=O)c(OCC)c1. The fraction of sp³-hybridized carbons (Fsp3) is 0.250. The minimum atomic E-state index is -0.106. The zero-order valence-corrected chi connectivity index (χ0v) is 16.8. The molecule has 7 heteroatoms. The molecule has 0 bridgehead atoms. The largest absolute Gasteiger partial charge is 0.494 e. The van der Waals surface area contributed by atoms with Crippen LogP contribution in [0.4, 0.5) is 0 Å². The highest BCUT2D eigenvalue weighted by Crippen LogP contribution is 2.36. The Morgan fingerprint density at radius 3 is 2.74 bits per heavy atom. The van der Waals surface area contributed by atoms with Gasteiger partial charge in [0.25, 0.3) is 5.91 Å². The molecule has 5 nitrogen and oxygen atoms in total. The van der Waals surface area contributed by atoms with Gasteiger partial charge in [0.05, 0.1) is 24.7 Å². The molecule has 0 atom stereocenters. The fourth-order valence-electron chi connectivity index (χ4n) is 2.62. The van der Waals surface area contributed by atoms with Crippen molar-refractivity contribution in [3.8, 4) is 11.5 Å². The van der Waals surface area contributed by atoms with Gasteiger partial charge in [0.1, 0.15) is 15.8 Å². The second kappa shape index (κ2) is 9.01. The maximum Gasteiger partial charge on any atom is 0.266 e. The number of hydrogen-bond donors (Lipinski definition) is 0. The van der Waals surface area contributed by atoms with Gasteiger partial charge in [-0.05, 0) is 43.7 Å². The lowest BCUT2D eigenvalue weighted by atomic mass is 10.1. The molecule has 140 valence electrons. The number of thiocarbonyl (C=S) groups is 1. The van der Waals surface area contributed by atoms with Crippen LogP contribution in [0.5, 0.6) is 11.5 Å². The monoisotopic (exact) mass is 400 g/mol. The van der Waals surface area contributed by atoms with Gasteiger partial charge in [0.15, 0.2) is 0 Å². The van der Waals surface area contributed by atoms with Gasteiger partial charge in [-0.25, -0.2) is 0 Å². The van der Waals surface area contributed by atoms with E-state index in [9.17, 15) is 4.79 Å². The first kappa shape index (κ1) is 19.4. The molecule has 1 aliphatic heterocycles. The molecule has 1 aromatic heterocycles. The van der Waals surface area contributed by atoms with Crippen LogP contribution >= 0.6 is 24.0 Å². The summed E-state index contributed by atoms with van der Waals surface area (Å²) in [6.07, 6.45) is 5.26. The zero-order valence-electron chi connectivity index (χ0n) is 15.2. The van der Waals surface area contributed by atoms with E-state index in [1.807, 2.05) is 50.3 Å². The van der Waals surface area contributed by atoms with Crippen LogP contribution in [0.1, 0.15) is 25.0 Å². The summed E-state index contributed by atoms with van der Waals surface area (Å²) >= 11 is 6.70. The number of carbonyl (C=O) groups excluding carboxylic acids is 1. The van der Waals surface area contributed by atoms with E-state index >= 15 is 0 Å². The van der Waals surface area contributed by atoms with Crippen LogP contribution in [0.25, 0.3) is 6.08 Å². The van der Waals surface area contributed by atoms with Gasteiger partial charge < -0.3 is 9.47 Å². The van der Waals surface area contributed by atoms with Gasteiger partial charge in [0, 0.05) is 24.0 Å². The van der Waals surface area contributed by atoms with Gasteiger partial charge in [-0.2, -0.15) is 0 Å². The highest BCUT2D eigenvalue weighted by molar-refractivity contribution is 8.26. The maximum atomic E-state index is 12.8. The highest BCUT2D eigenvalue weighted by atomic mass is 32.2. The summed E-state index contributed by atoms with van der Waals surface area (Å²) in [4.78, 5) is 19.1. The number of ether oxygens (including phenoxy) is 2. The Hall–Kier alpha value is -2.38. The highest BCUT2D eigenvalue weighted by Gasteiger charge is 2.32. The van der Waals surface area contributed by atoms with Crippen LogP contribution < -0.4 is 9.47 Å². The molecule has 1 aromatic carbocycles. The predicted molar refractivity (Wildman–Crippen MR) is 112 cm³/mol. The Labute approximate surface area is 168 Å². The topological polar surface area (TPSA) is 51.7 Å². The van der Waals surface area contributed by atoms with Crippen molar-refractivity contribution in [1.29, 1.82) is 0 Å². The van der Waals surface area contributed by atoms with Crippen LogP contribution in [0.3, 0.4) is 0 Å². The average molecular weight is 401 g/mol. The van der Waals surface area contributed by atoms with Gasteiger partial charge in [-0.3, -0.25) is 14.7 Å². The first-order valence-corrected chi connectivity index (χ1v) is 9.88. The number of rotatable bonds is 7. The Morgan fingerprint density at radius 1 is 1.22 bits per heavy atom. The molecule has 1 amide bonds. The third kappa shape index (κ3) is 4.67. The summed E-state index contributed by atoms with van der Waals surface area (Å²) < 4.78 is 11.8. The molecule has 1 saturated heterocycles. The second-order valence-corrected chi connectivity index (χ2v) is 7.37. The van der Waals surface area contributed by atoms with Gasteiger partial charge in [-0.15, -0.1) is 0 Å². The van der Waals surface area contributed by atoms with Crippen molar-refractivity contribution in [1.82, 2.24) is 9.88 Å². The van der Waals surface area contributed by atoms with E-state index < -0.39 is 0 Å². The minimum Gasteiger partial charge on any atom is -0.494 e. The summed E-state index contributed by atoms with van der Waals surface area (Å²) in [7, 11) is 0. The molecule has 0 aliphatic carbocycles. The molecule has 1 fully saturated rings. The summed E-state index contributed by atoms with van der Waals surface area (Å²) in [5.41, 5.74) is 1.76. The third-order valence-electron chi connectivity index (χ3n) is 3.82. The van der Waals surface area contributed by atoms with Crippen LogP contribution in [-0.4, -0.2) is 33.3 Å². The van der Waals surface area contributed by atoms with E-state index in [2.05, 4.69) is 4.98 Å². The number of carbonyl (C=O) groups is 1. The molecule has 0 spiro atoms. The van der Waals surface area contributed by atoms with Crippen molar-refractivity contribution in [2.24, 2.45) is 0 Å². The summed E-state index contributed by atoms with van der Waals surface area (Å²) in [6.45, 7) is 5.38. The van der Waals surface area contributed by atoms with Crippen molar-refractivity contribution in [2.45, 2.75) is 20.4 Å². The van der Waals surface area contributed by atoms with Crippen LogP contribution in [0.15, 0.2) is 47.6 Å². The lowest BCUT2D eigenvalue weighted by Gasteiger charge is -2.14. The van der Waals surface area contributed by atoms with E-state index in [0.717, 1.165) is 16.9 Å². The molecule has 1 aliphatic rings. The number of pyridine rings is 1. The predicted octanol–water partition coefficient (Wildman–Crippen LogP) is 4.28. The molecule has 2 heterocycles. The van der Waals surface area contributed by atoms with Crippen LogP contribution in [0, 0.1) is 0 Å². The molecule has 3 rings (SSSR count).